The maximum atomic E-state index is 12.6. The van der Waals surface area contributed by atoms with Gasteiger partial charge in [0.15, 0.2) is 0 Å². The van der Waals surface area contributed by atoms with Gasteiger partial charge < -0.3 is 15.6 Å². The molecule has 0 spiro atoms. The van der Waals surface area contributed by atoms with Crippen LogP contribution in [0.15, 0.2) is 18.2 Å². The average molecular weight is 263 g/mol. The molecule has 100 valence electrons. The second-order valence-corrected chi connectivity index (χ2v) is 3.66. The maximum Gasteiger partial charge on any atom is 0.419 e. The van der Waals surface area contributed by atoms with E-state index in [0.29, 0.717) is 0 Å². The summed E-state index contributed by atoms with van der Waals surface area (Å²) in [6.45, 7) is 0. The summed E-state index contributed by atoms with van der Waals surface area (Å²) in [5, 5.41) is 8.56. The Bertz CT molecular complexity index is 446. The molecule has 4 nitrogen and oxygen atoms in total. The third-order valence-corrected chi connectivity index (χ3v) is 2.35. The number of aliphatic carboxylic acids is 1. The molecule has 1 atom stereocenters. The average Bonchev–Trinajstić information content (AvgIpc) is 2.26. The molecule has 1 unspecified atom stereocenters. The maximum absolute atomic E-state index is 12.6. The van der Waals surface area contributed by atoms with Crippen LogP contribution < -0.4 is 10.5 Å². The Hall–Kier alpha value is -1.76. The van der Waals surface area contributed by atoms with Crippen molar-refractivity contribution in [2.75, 3.05) is 7.11 Å². The Morgan fingerprint density at radius 1 is 1.50 bits per heavy atom. The summed E-state index contributed by atoms with van der Waals surface area (Å²) in [5.74, 6) is -1.50. The molecular weight excluding hydrogens is 251 g/mol. The van der Waals surface area contributed by atoms with Crippen LogP contribution in [-0.2, 0) is 11.0 Å². The molecule has 1 aromatic carbocycles. The van der Waals surface area contributed by atoms with Crippen LogP contribution in [0.5, 0.6) is 5.75 Å². The highest BCUT2D eigenvalue weighted by molar-refractivity contribution is 5.68. The molecule has 0 bridgehead atoms. The first-order valence-electron chi connectivity index (χ1n) is 4.98. The number of alkyl halides is 3. The molecule has 0 amide bonds. The molecule has 18 heavy (non-hydrogen) atoms. The number of hydrogen-bond donors (Lipinski definition) is 2. The number of benzene rings is 1. The van der Waals surface area contributed by atoms with E-state index in [2.05, 4.69) is 4.74 Å². The Kier molecular flexibility index (Phi) is 4.18. The van der Waals surface area contributed by atoms with Crippen LogP contribution >= 0.6 is 0 Å². The summed E-state index contributed by atoms with van der Waals surface area (Å²) in [5.41, 5.74) is 4.92. The van der Waals surface area contributed by atoms with Crippen molar-refractivity contribution in [2.24, 2.45) is 5.73 Å². The monoisotopic (exact) mass is 263 g/mol. The molecule has 7 heteroatoms. The fraction of sp³-hybridized carbons (Fsp3) is 0.364. The van der Waals surface area contributed by atoms with Gasteiger partial charge in [-0.05, 0) is 17.7 Å². The second kappa shape index (κ2) is 5.26. The van der Waals surface area contributed by atoms with Crippen molar-refractivity contribution in [3.05, 3.63) is 29.3 Å². The fourth-order valence-electron chi connectivity index (χ4n) is 1.48. The number of ether oxygens (including phenoxy) is 1. The van der Waals surface area contributed by atoms with Gasteiger partial charge in [-0.3, -0.25) is 4.79 Å². The molecule has 0 aromatic heterocycles. The standard InChI is InChI=1S/C11H12F3NO3/c1-18-9-4-6(8(15)5-10(16)17)2-3-7(9)11(12,13)14/h2-4,8H,5,15H2,1H3,(H,16,17). The van der Waals surface area contributed by atoms with Crippen molar-refractivity contribution in [2.45, 2.75) is 18.6 Å². The van der Waals surface area contributed by atoms with Crippen LogP contribution in [0.25, 0.3) is 0 Å². The van der Waals surface area contributed by atoms with Gasteiger partial charge >= 0.3 is 12.1 Å². The number of rotatable bonds is 4. The summed E-state index contributed by atoms with van der Waals surface area (Å²) in [6, 6.07) is 2.21. The second-order valence-electron chi connectivity index (χ2n) is 3.66. The lowest BCUT2D eigenvalue weighted by Gasteiger charge is -2.15. The smallest absolute Gasteiger partial charge is 0.419 e. The Balaban J connectivity index is 3.09. The highest BCUT2D eigenvalue weighted by atomic mass is 19.4. The van der Waals surface area contributed by atoms with Gasteiger partial charge in [-0.2, -0.15) is 13.2 Å². The van der Waals surface area contributed by atoms with Crippen molar-refractivity contribution >= 4 is 5.97 Å². The van der Waals surface area contributed by atoms with Crippen LogP contribution in [0.3, 0.4) is 0 Å². The molecule has 1 rings (SSSR count). The van der Waals surface area contributed by atoms with Crippen LogP contribution in [0.1, 0.15) is 23.6 Å². The van der Waals surface area contributed by atoms with Crippen LogP contribution in [0.4, 0.5) is 13.2 Å². The summed E-state index contributed by atoms with van der Waals surface area (Å²) >= 11 is 0. The molecule has 0 aliphatic rings. The zero-order chi connectivity index (χ0) is 13.9. The molecule has 0 aliphatic heterocycles. The minimum absolute atomic E-state index is 0.280. The van der Waals surface area contributed by atoms with Crippen molar-refractivity contribution in [1.82, 2.24) is 0 Å². The van der Waals surface area contributed by atoms with Gasteiger partial charge in [0.05, 0.1) is 19.1 Å². The molecular formula is C11H12F3NO3. The fourth-order valence-corrected chi connectivity index (χ4v) is 1.48. The van der Waals surface area contributed by atoms with Crippen molar-refractivity contribution in [3.63, 3.8) is 0 Å². The molecule has 0 saturated heterocycles. The predicted molar refractivity (Wildman–Crippen MR) is 57.2 cm³/mol. The SMILES string of the molecule is COc1cc(C(N)CC(=O)O)ccc1C(F)(F)F. The van der Waals surface area contributed by atoms with Gasteiger partial charge in [0.2, 0.25) is 0 Å². The zero-order valence-electron chi connectivity index (χ0n) is 9.49. The van der Waals surface area contributed by atoms with Gasteiger partial charge in [-0.25, -0.2) is 0 Å². The third-order valence-electron chi connectivity index (χ3n) is 2.35. The Morgan fingerprint density at radius 2 is 2.11 bits per heavy atom. The van der Waals surface area contributed by atoms with E-state index in [1.165, 1.54) is 0 Å². The first-order chi connectivity index (χ1) is 8.25. The zero-order valence-corrected chi connectivity index (χ0v) is 9.49. The number of methoxy groups -OCH3 is 1. The highest BCUT2D eigenvalue weighted by Crippen LogP contribution is 2.37. The van der Waals surface area contributed by atoms with E-state index < -0.39 is 23.8 Å². The van der Waals surface area contributed by atoms with Gasteiger partial charge in [0.1, 0.15) is 5.75 Å². The van der Waals surface area contributed by atoms with E-state index in [-0.39, 0.29) is 17.7 Å². The van der Waals surface area contributed by atoms with Gasteiger partial charge in [0.25, 0.3) is 0 Å². The topological polar surface area (TPSA) is 72.5 Å². The largest absolute Gasteiger partial charge is 0.496 e. The lowest BCUT2D eigenvalue weighted by Crippen LogP contribution is -2.16. The Labute approximate surface area is 101 Å². The van der Waals surface area contributed by atoms with Crippen LogP contribution in [0, 0.1) is 0 Å². The number of halogens is 3. The lowest BCUT2D eigenvalue weighted by atomic mass is 10.0. The van der Waals surface area contributed by atoms with Gasteiger partial charge in [-0.1, -0.05) is 6.07 Å². The highest BCUT2D eigenvalue weighted by Gasteiger charge is 2.34. The van der Waals surface area contributed by atoms with Crippen molar-refractivity contribution in [1.29, 1.82) is 0 Å². The van der Waals surface area contributed by atoms with Gasteiger partial charge in [-0.15, -0.1) is 0 Å². The van der Waals surface area contributed by atoms with Crippen LogP contribution in [0.2, 0.25) is 0 Å². The molecule has 0 fully saturated rings. The molecule has 3 N–H and O–H groups in total. The van der Waals surface area contributed by atoms with E-state index in [0.717, 1.165) is 25.3 Å². The normalized spacial score (nSPS) is 13.2. The quantitative estimate of drug-likeness (QED) is 0.873. The summed E-state index contributed by atoms with van der Waals surface area (Å²) < 4.78 is 42.4. The first kappa shape index (κ1) is 14.3. The van der Waals surface area contributed by atoms with E-state index in [9.17, 15) is 18.0 Å². The number of nitrogens with two attached hydrogens (primary N) is 1. The van der Waals surface area contributed by atoms with E-state index in [1.807, 2.05) is 0 Å². The van der Waals surface area contributed by atoms with E-state index >= 15 is 0 Å². The summed E-state index contributed by atoms with van der Waals surface area (Å²) in [7, 11) is 1.11. The van der Waals surface area contributed by atoms with E-state index in [4.69, 9.17) is 10.8 Å². The number of carbonyl (C=O) groups is 1. The molecule has 0 heterocycles. The van der Waals surface area contributed by atoms with Gasteiger partial charge in [0, 0.05) is 6.04 Å². The third kappa shape index (κ3) is 3.36. The van der Waals surface area contributed by atoms with Crippen molar-refractivity contribution < 1.29 is 27.8 Å². The van der Waals surface area contributed by atoms with Crippen molar-refractivity contribution in [3.8, 4) is 5.75 Å². The minimum Gasteiger partial charge on any atom is -0.496 e. The summed E-state index contributed by atoms with van der Waals surface area (Å²) in [6.07, 6.45) is -4.89. The minimum atomic E-state index is -4.53. The molecule has 0 saturated carbocycles. The first-order valence-corrected chi connectivity index (χ1v) is 4.98. The number of carboxylic acid groups (broad SMARTS) is 1. The number of carboxylic acids is 1. The number of hydrogen-bond acceptors (Lipinski definition) is 3. The Morgan fingerprint density at radius 3 is 2.56 bits per heavy atom. The molecule has 0 radical (unpaired) electrons. The van der Waals surface area contributed by atoms with E-state index in [1.54, 1.807) is 0 Å². The molecule has 1 aromatic rings. The molecule has 0 aliphatic carbocycles. The lowest BCUT2D eigenvalue weighted by molar-refractivity contribution is -0.139. The predicted octanol–water partition coefficient (Wildman–Crippen LogP) is 2.19. The van der Waals surface area contributed by atoms with Crippen LogP contribution in [-0.4, -0.2) is 18.2 Å². The summed E-state index contributed by atoms with van der Waals surface area (Å²) in [4.78, 5) is 10.5.